The lowest BCUT2D eigenvalue weighted by Gasteiger charge is -2.31. The number of rotatable bonds is 9. The van der Waals surface area contributed by atoms with Crippen molar-refractivity contribution in [2.45, 2.75) is 96.7 Å². The number of aliphatic hydroxyl groups is 1. The Bertz CT molecular complexity index is 1170. The third kappa shape index (κ3) is 7.25. The van der Waals surface area contributed by atoms with E-state index in [4.69, 9.17) is 4.74 Å². The van der Waals surface area contributed by atoms with E-state index in [1.165, 1.54) is 12.5 Å². The molecule has 8 nitrogen and oxygen atoms in total. The van der Waals surface area contributed by atoms with Gasteiger partial charge in [-0.2, -0.15) is 5.10 Å². The second-order valence-electron chi connectivity index (χ2n) is 12.4. The molecule has 0 saturated heterocycles. The summed E-state index contributed by atoms with van der Waals surface area (Å²) in [4.78, 5) is 28.4. The van der Waals surface area contributed by atoms with E-state index in [0.29, 0.717) is 30.5 Å². The van der Waals surface area contributed by atoms with Crippen molar-refractivity contribution in [1.82, 2.24) is 14.7 Å². The number of amides is 2. The van der Waals surface area contributed by atoms with E-state index in [9.17, 15) is 14.7 Å². The van der Waals surface area contributed by atoms with Crippen LogP contribution in [0.25, 0.3) is 0 Å². The average molecular weight is 523 g/mol. The summed E-state index contributed by atoms with van der Waals surface area (Å²) in [5.74, 6) is 1.61. The number of anilines is 1. The fraction of sp³-hybridized carbons (Fsp3) is 0.567. The third-order valence-electron chi connectivity index (χ3n) is 7.23. The minimum atomic E-state index is -0.924. The van der Waals surface area contributed by atoms with Crippen LogP contribution in [0.3, 0.4) is 0 Å². The van der Waals surface area contributed by atoms with E-state index in [-0.39, 0.29) is 23.8 Å². The zero-order valence-corrected chi connectivity index (χ0v) is 23.4. The zero-order valence-electron chi connectivity index (χ0n) is 23.4. The number of carbonyl (C=O) groups excluding carboxylic acids is 2. The van der Waals surface area contributed by atoms with Gasteiger partial charge in [0.05, 0.1) is 18.7 Å². The maximum Gasteiger partial charge on any atom is 0.251 e. The molecule has 206 valence electrons. The summed E-state index contributed by atoms with van der Waals surface area (Å²) < 4.78 is 7.85. The molecular formula is C30H42N4O4. The molecular weight excluding hydrogens is 480 g/mol. The van der Waals surface area contributed by atoms with Crippen LogP contribution in [0, 0.1) is 5.92 Å². The van der Waals surface area contributed by atoms with Crippen LogP contribution < -0.4 is 10.1 Å². The summed E-state index contributed by atoms with van der Waals surface area (Å²) in [7, 11) is 0. The van der Waals surface area contributed by atoms with Gasteiger partial charge in [0.1, 0.15) is 17.6 Å². The van der Waals surface area contributed by atoms with Crippen molar-refractivity contribution in [3.05, 3.63) is 53.9 Å². The van der Waals surface area contributed by atoms with Crippen LogP contribution in [0.4, 0.5) is 5.82 Å². The van der Waals surface area contributed by atoms with E-state index >= 15 is 0 Å². The van der Waals surface area contributed by atoms with Crippen molar-refractivity contribution in [2.75, 3.05) is 11.9 Å². The Morgan fingerprint density at radius 1 is 1.13 bits per heavy atom. The molecule has 2 aliphatic rings. The predicted octanol–water partition coefficient (Wildman–Crippen LogP) is 5.03. The Labute approximate surface area is 226 Å². The van der Waals surface area contributed by atoms with E-state index in [1.807, 2.05) is 24.3 Å². The molecule has 1 aliphatic heterocycles. The molecule has 2 amide bonds. The van der Waals surface area contributed by atoms with Crippen LogP contribution in [0.1, 0.15) is 78.7 Å². The summed E-state index contributed by atoms with van der Waals surface area (Å²) >= 11 is 0. The van der Waals surface area contributed by atoms with Gasteiger partial charge in [-0.1, -0.05) is 71.1 Å². The quantitative estimate of drug-likeness (QED) is 0.481. The Morgan fingerprint density at radius 2 is 1.84 bits per heavy atom. The molecule has 1 aromatic carbocycles. The van der Waals surface area contributed by atoms with Crippen LogP contribution >= 0.6 is 0 Å². The molecule has 1 saturated carbocycles. The largest absolute Gasteiger partial charge is 0.459 e. The molecule has 2 heterocycles. The first kappa shape index (κ1) is 27.9. The Hall–Kier alpha value is -3.13. The number of hydrogen-bond donors (Lipinski definition) is 2. The molecule has 38 heavy (non-hydrogen) atoms. The molecule has 2 N–H and O–H groups in total. The molecule has 0 bridgehead atoms. The fourth-order valence-electron chi connectivity index (χ4n) is 5.39. The SMILES string of the molecule is CC(C)(O)Cn1ccc(NC(=O)C(CC2CCCCC2)N2CC(Oc3ccccc3C(C)(C)C)=CC2=O)n1. The standard InChI is InChI=1S/C30H42N4O4/c1-29(2,3)23-13-9-10-14-25(23)38-22-18-27(35)34(19-22)24(17-21-11-7-6-8-12-21)28(36)31-26-15-16-33(32-26)20-30(4,5)37/h9-10,13-16,18,21,24,37H,6-8,11-12,17,19-20H2,1-5H3,(H,31,32,36). The van der Waals surface area contributed by atoms with Crippen LogP contribution in [0.2, 0.25) is 0 Å². The second kappa shape index (κ2) is 11.3. The van der Waals surface area contributed by atoms with Gasteiger partial charge in [-0.25, -0.2) is 0 Å². The fourth-order valence-corrected chi connectivity index (χ4v) is 5.39. The summed E-state index contributed by atoms with van der Waals surface area (Å²) in [6, 6.07) is 8.96. The highest BCUT2D eigenvalue weighted by molar-refractivity contribution is 5.99. The summed E-state index contributed by atoms with van der Waals surface area (Å²) in [5.41, 5.74) is 0.0224. The molecule has 1 fully saturated rings. The number of para-hydroxylation sites is 1. The van der Waals surface area contributed by atoms with Crippen LogP contribution in [-0.2, 0) is 21.5 Å². The van der Waals surface area contributed by atoms with Gasteiger partial charge in [-0.05, 0) is 37.7 Å². The normalized spacial score (nSPS) is 17.9. The average Bonchev–Trinajstić information content (AvgIpc) is 3.41. The van der Waals surface area contributed by atoms with Crippen molar-refractivity contribution in [2.24, 2.45) is 5.92 Å². The minimum absolute atomic E-state index is 0.114. The van der Waals surface area contributed by atoms with Crippen molar-refractivity contribution < 1.29 is 19.4 Å². The van der Waals surface area contributed by atoms with E-state index < -0.39 is 11.6 Å². The van der Waals surface area contributed by atoms with Gasteiger partial charge in [0, 0.05) is 23.9 Å². The van der Waals surface area contributed by atoms with Gasteiger partial charge < -0.3 is 20.1 Å². The highest BCUT2D eigenvalue weighted by atomic mass is 16.5. The molecule has 4 rings (SSSR count). The lowest BCUT2D eigenvalue weighted by Crippen LogP contribution is -2.46. The van der Waals surface area contributed by atoms with E-state index in [1.54, 1.807) is 35.7 Å². The molecule has 0 radical (unpaired) electrons. The van der Waals surface area contributed by atoms with Gasteiger partial charge in [0.2, 0.25) is 5.91 Å². The van der Waals surface area contributed by atoms with Gasteiger partial charge in [0.25, 0.3) is 5.91 Å². The van der Waals surface area contributed by atoms with E-state index in [0.717, 1.165) is 37.0 Å². The number of benzene rings is 1. The first-order valence-corrected chi connectivity index (χ1v) is 13.7. The first-order chi connectivity index (χ1) is 17.9. The number of aromatic nitrogens is 2. The van der Waals surface area contributed by atoms with Gasteiger partial charge in [-0.15, -0.1) is 0 Å². The summed E-state index contributed by atoms with van der Waals surface area (Å²) in [5, 5.41) is 17.4. The topological polar surface area (TPSA) is 96.7 Å². The molecule has 1 aromatic heterocycles. The smallest absolute Gasteiger partial charge is 0.251 e. The monoisotopic (exact) mass is 522 g/mol. The minimum Gasteiger partial charge on any atom is -0.459 e. The van der Waals surface area contributed by atoms with Gasteiger partial charge in [0.15, 0.2) is 5.82 Å². The first-order valence-electron chi connectivity index (χ1n) is 13.7. The van der Waals surface area contributed by atoms with Crippen LogP contribution in [0.15, 0.2) is 48.4 Å². The summed E-state index contributed by atoms with van der Waals surface area (Å²) in [6.45, 7) is 10.3. The van der Waals surface area contributed by atoms with Crippen LogP contribution in [0.5, 0.6) is 5.75 Å². The molecule has 0 spiro atoms. The molecule has 1 aliphatic carbocycles. The van der Waals surface area contributed by atoms with E-state index in [2.05, 4.69) is 31.2 Å². The number of nitrogens with one attached hydrogen (secondary N) is 1. The van der Waals surface area contributed by atoms with Crippen molar-refractivity contribution in [1.29, 1.82) is 0 Å². The highest BCUT2D eigenvalue weighted by Crippen LogP contribution is 2.34. The van der Waals surface area contributed by atoms with Crippen molar-refractivity contribution in [3.8, 4) is 5.75 Å². The van der Waals surface area contributed by atoms with Gasteiger partial charge >= 0.3 is 0 Å². The predicted molar refractivity (Wildman–Crippen MR) is 148 cm³/mol. The Kier molecular flexibility index (Phi) is 8.31. The van der Waals surface area contributed by atoms with Gasteiger partial charge in [-0.3, -0.25) is 14.3 Å². The number of carbonyl (C=O) groups is 2. The lowest BCUT2D eigenvalue weighted by molar-refractivity contribution is -0.134. The number of ether oxygens (including phenoxy) is 1. The molecule has 1 unspecified atom stereocenters. The molecule has 1 atom stereocenters. The number of hydrogen-bond acceptors (Lipinski definition) is 5. The second-order valence-corrected chi connectivity index (χ2v) is 12.4. The summed E-state index contributed by atoms with van der Waals surface area (Å²) in [6.07, 6.45) is 9.53. The molecule has 2 aromatic rings. The maximum absolute atomic E-state index is 13.6. The lowest BCUT2D eigenvalue weighted by atomic mass is 9.84. The third-order valence-corrected chi connectivity index (χ3v) is 7.23. The van der Waals surface area contributed by atoms with Crippen molar-refractivity contribution >= 4 is 17.6 Å². The number of nitrogens with zero attached hydrogens (tertiary/aromatic N) is 3. The molecule has 8 heteroatoms. The Balaban J connectivity index is 1.50. The zero-order chi connectivity index (χ0) is 27.5. The maximum atomic E-state index is 13.6. The van der Waals surface area contributed by atoms with Crippen LogP contribution in [-0.4, -0.2) is 49.8 Å². The van der Waals surface area contributed by atoms with Crippen molar-refractivity contribution in [3.63, 3.8) is 0 Å². The highest BCUT2D eigenvalue weighted by Gasteiger charge is 2.36. The Morgan fingerprint density at radius 3 is 2.53 bits per heavy atom.